The molecule has 0 aliphatic carbocycles. The van der Waals surface area contributed by atoms with Crippen molar-refractivity contribution in [2.24, 2.45) is 0 Å². The van der Waals surface area contributed by atoms with Gasteiger partial charge in [0.05, 0.1) is 12.0 Å². The lowest BCUT2D eigenvalue weighted by molar-refractivity contribution is 0.407. The van der Waals surface area contributed by atoms with Crippen LogP contribution in [-0.4, -0.2) is 27.6 Å². The van der Waals surface area contributed by atoms with Gasteiger partial charge in [-0.25, -0.2) is 13.1 Å². The summed E-state index contributed by atoms with van der Waals surface area (Å²) in [4.78, 5) is 0.262. The van der Waals surface area contributed by atoms with Crippen LogP contribution in [0.1, 0.15) is 39.7 Å². The van der Waals surface area contributed by atoms with E-state index >= 15 is 0 Å². The van der Waals surface area contributed by atoms with E-state index < -0.39 is 15.6 Å². The number of sulfonamides is 1. The quantitative estimate of drug-likeness (QED) is 0.772. The second-order valence-electron chi connectivity index (χ2n) is 5.60. The Bertz CT molecular complexity index is 568. The summed E-state index contributed by atoms with van der Waals surface area (Å²) in [6, 6.07) is 4.93. The molecule has 2 N–H and O–H groups in total. The van der Waals surface area contributed by atoms with E-state index in [2.05, 4.69) is 10.0 Å². The molecule has 1 aromatic rings. The predicted molar refractivity (Wildman–Crippen MR) is 85.1 cm³/mol. The van der Waals surface area contributed by atoms with Crippen molar-refractivity contribution in [3.63, 3.8) is 0 Å². The molecule has 0 saturated heterocycles. The number of hydrogen-bond acceptors (Lipinski definition) is 4. The molecule has 0 fully saturated rings. The van der Waals surface area contributed by atoms with Gasteiger partial charge in [-0.2, -0.15) is 0 Å². The van der Waals surface area contributed by atoms with Gasteiger partial charge < -0.3 is 10.1 Å². The number of hydrogen-bond donors (Lipinski definition) is 2. The minimum Gasteiger partial charge on any atom is -0.496 e. The Morgan fingerprint density at radius 3 is 2.43 bits per heavy atom. The van der Waals surface area contributed by atoms with Crippen molar-refractivity contribution < 1.29 is 13.2 Å². The van der Waals surface area contributed by atoms with Gasteiger partial charge >= 0.3 is 0 Å². The number of nitrogens with one attached hydrogen (secondary N) is 2. The summed E-state index contributed by atoms with van der Waals surface area (Å²) in [5.74, 6) is 0.685. The molecule has 0 radical (unpaired) electrons. The normalized spacial score (nSPS) is 12.4. The van der Waals surface area contributed by atoms with Crippen LogP contribution in [0.25, 0.3) is 0 Å². The first kappa shape index (κ1) is 17.9. The van der Waals surface area contributed by atoms with Crippen molar-refractivity contribution in [1.29, 1.82) is 0 Å². The van der Waals surface area contributed by atoms with Gasteiger partial charge in [-0.3, -0.25) is 0 Å². The van der Waals surface area contributed by atoms with Crippen LogP contribution in [0, 0.1) is 0 Å². The van der Waals surface area contributed by atoms with Crippen molar-refractivity contribution in [2.75, 3.05) is 13.7 Å². The van der Waals surface area contributed by atoms with Crippen LogP contribution in [0.15, 0.2) is 23.1 Å². The molecular weight excluding hydrogens is 288 g/mol. The second-order valence-corrected chi connectivity index (χ2v) is 7.28. The summed E-state index contributed by atoms with van der Waals surface area (Å²) in [7, 11) is -1.96. The molecule has 0 unspecified atom stereocenters. The summed E-state index contributed by atoms with van der Waals surface area (Å²) in [6.07, 6.45) is 0.715. The van der Waals surface area contributed by atoms with E-state index in [0.717, 1.165) is 12.1 Å². The molecule has 0 aliphatic heterocycles. The van der Waals surface area contributed by atoms with Crippen LogP contribution in [-0.2, 0) is 16.6 Å². The van der Waals surface area contributed by atoms with Crippen molar-refractivity contribution >= 4 is 10.0 Å². The zero-order chi connectivity index (χ0) is 16.1. The second kappa shape index (κ2) is 7.24. The Balaban J connectivity index is 3.12. The third-order valence-electron chi connectivity index (χ3n) is 3.42. The van der Waals surface area contributed by atoms with Gasteiger partial charge in [0.25, 0.3) is 0 Å². The minimum absolute atomic E-state index is 0.262. The van der Waals surface area contributed by atoms with Gasteiger partial charge in [-0.15, -0.1) is 0 Å². The smallest absolute Gasteiger partial charge is 0.241 e. The molecule has 1 aromatic carbocycles. The summed E-state index contributed by atoms with van der Waals surface area (Å²) in [5.41, 5.74) is 0.358. The topological polar surface area (TPSA) is 67.4 Å². The maximum absolute atomic E-state index is 12.5. The molecule has 1 rings (SSSR count). The molecule has 0 amide bonds. The highest BCUT2D eigenvalue weighted by Crippen LogP contribution is 2.23. The summed E-state index contributed by atoms with van der Waals surface area (Å²) in [5, 5.41) is 3.18. The van der Waals surface area contributed by atoms with Crippen LogP contribution in [0.2, 0.25) is 0 Å². The Hall–Kier alpha value is -1.11. The number of benzene rings is 1. The molecule has 5 nitrogen and oxygen atoms in total. The molecule has 21 heavy (non-hydrogen) atoms. The van der Waals surface area contributed by atoms with Crippen molar-refractivity contribution in [3.05, 3.63) is 23.8 Å². The third kappa shape index (κ3) is 4.98. The predicted octanol–water partition coefficient (Wildman–Crippen LogP) is 2.27. The minimum atomic E-state index is -3.54. The van der Waals surface area contributed by atoms with Crippen LogP contribution in [0.3, 0.4) is 0 Å². The lowest BCUT2D eigenvalue weighted by atomic mass is 10.0. The monoisotopic (exact) mass is 314 g/mol. The maximum Gasteiger partial charge on any atom is 0.241 e. The van der Waals surface area contributed by atoms with Gasteiger partial charge in [0.15, 0.2) is 0 Å². The molecule has 0 heterocycles. The van der Waals surface area contributed by atoms with Gasteiger partial charge in [-0.05, 0) is 45.0 Å². The highest BCUT2D eigenvalue weighted by molar-refractivity contribution is 7.89. The van der Waals surface area contributed by atoms with Crippen molar-refractivity contribution in [2.45, 2.75) is 51.1 Å². The molecule has 6 heteroatoms. The molecule has 0 spiro atoms. The first-order chi connectivity index (χ1) is 9.75. The average Bonchev–Trinajstić information content (AvgIpc) is 2.43. The Labute approximate surface area is 128 Å². The standard InChI is InChI=1S/C15H26N2O3S/c1-6-15(3,4)17-21(18,19)13-8-9-14(20-5)12(10-13)11-16-7-2/h8-10,16-17H,6-7,11H2,1-5H3. The Kier molecular flexibility index (Phi) is 6.19. The molecule has 0 aromatic heterocycles. The largest absolute Gasteiger partial charge is 0.496 e. The molecule has 0 aliphatic rings. The Morgan fingerprint density at radius 1 is 1.24 bits per heavy atom. The average molecular weight is 314 g/mol. The first-order valence-electron chi connectivity index (χ1n) is 7.17. The van der Waals surface area contributed by atoms with Gasteiger partial charge in [0.1, 0.15) is 5.75 Å². The third-order valence-corrected chi connectivity index (χ3v) is 5.12. The fourth-order valence-electron chi connectivity index (χ4n) is 1.81. The van der Waals surface area contributed by atoms with E-state index in [1.807, 2.05) is 27.7 Å². The van der Waals surface area contributed by atoms with E-state index in [-0.39, 0.29) is 4.90 Å². The maximum atomic E-state index is 12.5. The molecule has 120 valence electrons. The van der Waals surface area contributed by atoms with E-state index in [4.69, 9.17) is 4.74 Å². The fourth-order valence-corrected chi connectivity index (χ4v) is 3.35. The number of methoxy groups -OCH3 is 1. The summed E-state index contributed by atoms with van der Waals surface area (Å²) < 4.78 is 32.9. The molecular formula is C15H26N2O3S. The fraction of sp³-hybridized carbons (Fsp3) is 0.600. The highest BCUT2D eigenvalue weighted by atomic mass is 32.2. The lowest BCUT2D eigenvalue weighted by Crippen LogP contribution is -2.42. The zero-order valence-electron chi connectivity index (χ0n) is 13.5. The molecule has 0 atom stereocenters. The van der Waals surface area contributed by atoms with E-state index in [0.29, 0.717) is 18.7 Å². The SMILES string of the molecule is CCNCc1cc(S(=O)(=O)NC(C)(C)CC)ccc1OC. The van der Waals surface area contributed by atoms with E-state index in [9.17, 15) is 8.42 Å². The number of ether oxygens (including phenoxy) is 1. The van der Waals surface area contributed by atoms with Crippen molar-refractivity contribution in [3.8, 4) is 5.75 Å². The summed E-state index contributed by atoms with van der Waals surface area (Å²) >= 11 is 0. The van der Waals surface area contributed by atoms with Crippen LogP contribution in [0.5, 0.6) is 5.75 Å². The van der Waals surface area contributed by atoms with E-state index in [1.54, 1.807) is 25.3 Å². The van der Waals surface area contributed by atoms with Gasteiger partial charge in [0, 0.05) is 17.6 Å². The first-order valence-corrected chi connectivity index (χ1v) is 8.65. The van der Waals surface area contributed by atoms with Crippen molar-refractivity contribution in [1.82, 2.24) is 10.0 Å². The number of rotatable bonds is 8. The molecule has 0 bridgehead atoms. The van der Waals surface area contributed by atoms with Gasteiger partial charge in [-0.1, -0.05) is 13.8 Å². The van der Waals surface area contributed by atoms with Crippen LogP contribution >= 0.6 is 0 Å². The molecule has 0 saturated carbocycles. The van der Waals surface area contributed by atoms with Crippen LogP contribution in [0.4, 0.5) is 0 Å². The van der Waals surface area contributed by atoms with E-state index in [1.165, 1.54) is 0 Å². The zero-order valence-corrected chi connectivity index (χ0v) is 14.3. The Morgan fingerprint density at radius 2 is 1.90 bits per heavy atom. The lowest BCUT2D eigenvalue weighted by Gasteiger charge is -2.24. The van der Waals surface area contributed by atoms with Gasteiger partial charge in [0.2, 0.25) is 10.0 Å². The highest BCUT2D eigenvalue weighted by Gasteiger charge is 2.25. The van der Waals surface area contributed by atoms with Crippen LogP contribution < -0.4 is 14.8 Å². The summed E-state index contributed by atoms with van der Waals surface area (Å²) in [6.45, 7) is 9.06.